The van der Waals surface area contributed by atoms with E-state index in [1.807, 2.05) is 0 Å². The Kier molecular flexibility index (Phi) is 6.17. The van der Waals surface area contributed by atoms with Crippen molar-refractivity contribution in [3.8, 4) is 0 Å². The summed E-state index contributed by atoms with van der Waals surface area (Å²) in [5.41, 5.74) is 0.870. The number of amides is 3. The van der Waals surface area contributed by atoms with E-state index in [9.17, 15) is 14.4 Å². The third-order valence-electron chi connectivity index (χ3n) is 4.18. The maximum absolute atomic E-state index is 12.1. The van der Waals surface area contributed by atoms with Crippen LogP contribution in [-0.2, 0) is 9.53 Å². The maximum Gasteiger partial charge on any atom is 0.325 e. The van der Waals surface area contributed by atoms with Crippen LogP contribution in [0.5, 0.6) is 0 Å². The van der Waals surface area contributed by atoms with Gasteiger partial charge < -0.3 is 20.7 Å². The molecule has 1 saturated carbocycles. The Balaban J connectivity index is 1.90. The van der Waals surface area contributed by atoms with E-state index >= 15 is 0 Å². The van der Waals surface area contributed by atoms with Crippen LogP contribution in [0.1, 0.15) is 36.5 Å². The maximum atomic E-state index is 12.1. The number of nitrogens with one attached hydrogen (secondary N) is 3. The quantitative estimate of drug-likeness (QED) is 0.717. The zero-order valence-electron chi connectivity index (χ0n) is 13.9. The number of esters is 1. The molecule has 0 radical (unpaired) electrons. The highest BCUT2D eigenvalue weighted by Crippen LogP contribution is 2.24. The van der Waals surface area contributed by atoms with Gasteiger partial charge in [0.15, 0.2) is 0 Å². The van der Waals surface area contributed by atoms with Gasteiger partial charge in [-0.15, -0.1) is 0 Å². The highest BCUT2D eigenvalue weighted by molar-refractivity contribution is 5.98. The highest BCUT2D eigenvalue weighted by atomic mass is 16.5. The van der Waals surface area contributed by atoms with Gasteiger partial charge in [-0.05, 0) is 37.0 Å². The predicted molar refractivity (Wildman–Crippen MR) is 89.7 cm³/mol. The van der Waals surface area contributed by atoms with Crippen molar-refractivity contribution < 1.29 is 19.1 Å². The molecule has 0 bridgehead atoms. The van der Waals surface area contributed by atoms with Crippen molar-refractivity contribution >= 4 is 23.6 Å². The average Bonchev–Trinajstić information content (AvgIpc) is 2.97. The Morgan fingerprint density at radius 2 is 2.04 bits per heavy atom. The summed E-state index contributed by atoms with van der Waals surface area (Å²) in [6, 6.07) is 6.45. The summed E-state index contributed by atoms with van der Waals surface area (Å²) in [5.74, 6) is -0.456. The minimum absolute atomic E-state index is 0.191. The smallest absolute Gasteiger partial charge is 0.325 e. The Hall–Kier alpha value is -2.57. The fourth-order valence-electron chi connectivity index (χ4n) is 2.76. The molecular weight excluding hydrogens is 310 g/mol. The molecule has 2 rings (SSSR count). The lowest BCUT2D eigenvalue weighted by atomic mass is 10.1. The van der Waals surface area contributed by atoms with Crippen LogP contribution in [0.15, 0.2) is 24.3 Å². The van der Waals surface area contributed by atoms with Crippen LogP contribution in [-0.4, -0.2) is 37.6 Å². The lowest BCUT2D eigenvalue weighted by molar-refractivity contribution is -0.139. The number of hydrogen-bond donors (Lipinski definition) is 3. The van der Waals surface area contributed by atoms with E-state index in [1.165, 1.54) is 7.11 Å². The molecule has 24 heavy (non-hydrogen) atoms. The predicted octanol–water partition coefficient (Wildman–Crippen LogP) is 1.90. The summed E-state index contributed by atoms with van der Waals surface area (Å²) < 4.78 is 4.47. The van der Waals surface area contributed by atoms with Crippen LogP contribution in [0.25, 0.3) is 0 Å². The van der Waals surface area contributed by atoms with E-state index in [1.54, 1.807) is 24.3 Å². The van der Waals surface area contributed by atoms with Crippen molar-refractivity contribution in [1.29, 1.82) is 0 Å². The second-order valence-corrected chi connectivity index (χ2v) is 5.95. The van der Waals surface area contributed by atoms with Crippen LogP contribution in [0.4, 0.5) is 10.5 Å². The molecule has 1 aliphatic carbocycles. The van der Waals surface area contributed by atoms with E-state index in [0.29, 0.717) is 17.2 Å². The highest BCUT2D eigenvalue weighted by Gasteiger charge is 2.24. The Bertz CT molecular complexity index is 618. The molecule has 1 aromatic carbocycles. The Morgan fingerprint density at radius 1 is 1.25 bits per heavy atom. The van der Waals surface area contributed by atoms with Crippen molar-refractivity contribution in [2.75, 3.05) is 19.0 Å². The number of rotatable bonds is 5. The molecule has 7 heteroatoms. The molecule has 1 fully saturated rings. The standard InChI is InChI=1S/C17H23N3O4/c1-11-5-3-8-14(11)20-17(23)19-13-7-4-6-12(9-13)16(22)18-10-15(21)24-2/h4,6-7,9,11,14H,3,5,8,10H2,1-2H3,(H,18,22)(H2,19,20,23)/t11-,14+/m1/s1. The summed E-state index contributed by atoms with van der Waals surface area (Å²) >= 11 is 0. The number of benzene rings is 1. The van der Waals surface area contributed by atoms with Gasteiger partial charge in [0.05, 0.1) is 7.11 Å². The summed E-state index contributed by atoms with van der Waals surface area (Å²) in [6.07, 6.45) is 3.24. The number of carbonyl (C=O) groups is 3. The first-order chi connectivity index (χ1) is 11.5. The second-order valence-electron chi connectivity index (χ2n) is 5.95. The molecule has 7 nitrogen and oxygen atoms in total. The van der Waals surface area contributed by atoms with Gasteiger partial charge in [0.25, 0.3) is 5.91 Å². The first-order valence-electron chi connectivity index (χ1n) is 8.02. The van der Waals surface area contributed by atoms with Gasteiger partial charge >= 0.3 is 12.0 Å². The normalized spacial score (nSPS) is 19.4. The number of urea groups is 1. The van der Waals surface area contributed by atoms with Crippen LogP contribution < -0.4 is 16.0 Å². The molecule has 0 spiro atoms. The molecule has 0 saturated heterocycles. The van der Waals surface area contributed by atoms with Gasteiger partial charge in [-0.3, -0.25) is 9.59 Å². The van der Waals surface area contributed by atoms with E-state index in [-0.39, 0.29) is 18.6 Å². The monoisotopic (exact) mass is 333 g/mol. The fourth-order valence-corrected chi connectivity index (χ4v) is 2.76. The SMILES string of the molecule is COC(=O)CNC(=O)c1cccc(NC(=O)N[C@H]2CCC[C@H]2C)c1. The summed E-state index contributed by atoms with van der Waals surface area (Å²) in [4.78, 5) is 35.1. The minimum Gasteiger partial charge on any atom is -0.468 e. The molecule has 1 aromatic rings. The summed E-state index contributed by atoms with van der Waals surface area (Å²) in [7, 11) is 1.25. The lowest BCUT2D eigenvalue weighted by Gasteiger charge is -2.17. The van der Waals surface area contributed by atoms with E-state index in [4.69, 9.17) is 0 Å². The summed E-state index contributed by atoms with van der Waals surface area (Å²) in [6.45, 7) is 1.93. The third kappa shape index (κ3) is 4.97. The molecule has 2 atom stereocenters. The zero-order valence-corrected chi connectivity index (χ0v) is 13.9. The largest absolute Gasteiger partial charge is 0.468 e. The van der Waals surface area contributed by atoms with E-state index in [2.05, 4.69) is 27.6 Å². The Morgan fingerprint density at radius 3 is 2.71 bits per heavy atom. The van der Waals surface area contributed by atoms with Crippen molar-refractivity contribution in [2.45, 2.75) is 32.2 Å². The van der Waals surface area contributed by atoms with Crippen molar-refractivity contribution in [3.05, 3.63) is 29.8 Å². The van der Waals surface area contributed by atoms with Crippen LogP contribution in [0.3, 0.4) is 0 Å². The van der Waals surface area contributed by atoms with Gasteiger partial charge in [-0.1, -0.05) is 19.4 Å². The topological polar surface area (TPSA) is 96.5 Å². The fraction of sp³-hybridized carbons (Fsp3) is 0.471. The zero-order chi connectivity index (χ0) is 17.5. The molecule has 0 unspecified atom stereocenters. The molecule has 0 heterocycles. The number of anilines is 1. The molecule has 130 valence electrons. The molecule has 1 aliphatic rings. The molecular formula is C17H23N3O4. The summed E-state index contributed by atoms with van der Waals surface area (Å²) in [5, 5.41) is 8.15. The molecule has 3 N–H and O–H groups in total. The van der Waals surface area contributed by atoms with Gasteiger partial charge in [0.2, 0.25) is 0 Å². The van der Waals surface area contributed by atoms with Crippen molar-refractivity contribution in [2.24, 2.45) is 5.92 Å². The minimum atomic E-state index is -0.525. The first kappa shape index (κ1) is 17.8. The van der Waals surface area contributed by atoms with Gasteiger partial charge in [0, 0.05) is 17.3 Å². The third-order valence-corrected chi connectivity index (χ3v) is 4.18. The van der Waals surface area contributed by atoms with Gasteiger partial charge in [-0.2, -0.15) is 0 Å². The molecule has 3 amide bonds. The van der Waals surface area contributed by atoms with E-state index in [0.717, 1.165) is 19.3 Å². The van der Waals surface area contributed by atoms with Crippen molar-refractivity contribution in [3.63, 3.8) is 0 Å². The number of carbonyl (C=O) groups excluding carboxylic acids is 3. The van der Waals surface area contributed by atoms with Gasteiger partial charge in [-0.25, -0.2) is 4.79 Å². The molecule has 0 aliphatic heterocycles. The first-order valence-corrected chi connectivity index (χ1v) is 8.02. The van der Waals surface area contributed by atoms with Gasteiger partial charge in [0.1, 0.15) is 6.54 Å². The lowest BCUT2D eigenvalue weighted by Crippen LogP contribution is -2.39. The second kappa shape index (κ2) is 8.33. The number of methoxy groups -OCH3 is 1. The number of ether oxygens (including phenoxy) is 1. The molecule has 0 aromatic heterocycles. The van der Waals surface area contributed by atoms with Crippen molar-refractivity contribution in [1.82, 2.24) is 10.6 Å². The Labute approximate surface area is 141 Å². The number of hydrogen-bond acceptors (Lipinski definition) is 4. The van der Waals surface area contributed by atoms with Crippen LogP contribution in [0, 0.1) is 5.92 Å². The van der Waals surface area contributed by atoms with Crippen LogP contribution >= 0.6 is 0 Å². The van der Waals surface area contributed by atoms with Crippen LogP contribution in [0.2, 0.25) is 0 Å². The average molecular weight is 333 g/mol. The van der Waals surface area contributed by atoms with E-state index < -0.39 is 11.9 Å².